The molecule has 2 saturated heterocycles. The largest absolute Gasteiger partial charge is 0.388 e. The zero-order valence-corrected chi connectivity index (χ0v) is 13.5. The van der Waals surface area contributed by atoms with Crippen molar-refractivity contribution in [3.63, 3.8) is 0 Å². The Balaban J connectivity index is 1.94. The Bertz CT molecular complexity index is 396. The lowest BCUT2D eigenvalue weighted by Crippen LogP contribution is -2.61. The molecule has 2 aliphatic rings. The van der Waals surface area contributed by atoms with E-state index in [1.807, 2.05) is 0 Å². The molecule has 10 nitrogen and oxygen atoms in total. The Morgan fingerprint density at radius 1 is 0.708 bits per heavy atom. The van der Waals surface area contributed by atoms with E-state index in [1.165, 1.54) is 6.92 Å². The highest BCUT2D eigenvalue weighted by molar-refractivity contribution is 4.90. The number of aliphatic hydroxyl groups excluding tert-OH is 6. The number of hydrogen-bond donors (Lipinski definition) is 6. The predicted molar refractivity (Wildman–Crippen MR) is 76.6 cm³/mol. The van der Waals surface area contributed by atoms with Gasteiger partial charge in [0.15, 0.2) is 12.6 Å². The standard InChI is InChI=1S/C14H26O10/c1-3-21-13-12(20)10(18)8(16)6(24-13)4-22-14-11(19)9(17)7(15)5(2)23-14/h5-20H,3-4H2,1-2H3. The smallest absolute Gasteiger partial charge is 0.186 e. The van der Waals surface area contributed by atoms with Gasteiger partial charge in [-0.15, -0.1) is 0 Å². The van der Waals surface area contributed by atoms with E-state index in [0.717, 1.165) is 0 Å². The first-order chi connectivity index (χ1) is 11.3. The summed E-state index contributed by atoms with van der Waals surface area (Å²) in [5.74, 6) is 0. The maximum absolute atomic E-state index is 9.97. The van der Waals surface area contributed by atoms with Crippen LogP contribution in [0.1, 0.15) is 13.8 Å². The van der Waals surface area contributed by atoms with Gasteiger partial charge in [-0.1, -0.05) is 0 Å². The molecule has 2 fully saturated rings. The van der Waals surface area contributed by atoms with Gasteiger partial charge in [0.05, 0.1) is 12.7 Å². The van der Waals surface area contributed by atoms with Gasteiger partial charge in [-0.3, -0.25) is 0 Å². The maximum atomic E-state index is 9.97. The van der Waals surface area contributed by atoms with Gasteiger partial charge in [0.25, 0.3) is 0 Å². The highest BCUT2D eigenvalue weighted by Crippen LogP contribution is 2.25. The molecule has 0 aromatic rings. The molecule has 0 bridgehead atoms. The lowest BCUT2D eigenvalue weighted by Gasteiger charge is -2.42. The van der Waals surface area contributed by atoms with E-state index in [1.54, 1.807) is 6.92 Å². The minimum absolute atomic E-state index is 0.226. The van der Waals surface area contributed by atoms with E-state index < -0.39 is 61.4 Å². The summed E-state index contributed by atoms with van der Waals surface area (Å²) in [6.07, 6.45) is -12.7. The van der Waals surface area contributed by atoms with Crippen molar-refractivity contribution in [1.29, 1.82) is 0 Å². The molecule has 10 unspecified atom stereocenters. The normalized spacial score (nSPS) is 50.0. The fourth-order valence-electron chi connectivity index (χ4n) is 2.70. The van der Waals surface area contributed by atoms with Crippen LogP contribution in [0.5, 0.6) is 0 Å². The number of rotatable bonds is 5. The second-order valence-electron chi connectivity index (χ2n) is 5.98. The lowest BCUT2D eigenvalue weighted by molar-refractivity contribution is -0.327. The summed E-state index contributed by atoms with van der Waals surface area (Å²) in [7, 11) is 0. The SMILES string of the molecule is CCOC1OC(COC2OC(C)C(O)C(O)C2O)C(O)C(O)C1O. The van der Waals surface area contributed by atoms with Gasteiger partial charge >= 0.3 is 0 Å². The third kappa shape index (κ3) is 4.05. The molecule has 0 amide bonds. The lowest BCUT2D eigenvalue weighted by atomic mass is 9.98. The molecule has 10 heteroatoms. The van der Waals surface area contributed by atoms with Crippen molar-refractivity contribution in [2.75, 3.05) is 13.2 Å². The average Bonchev–Trinajstić information content (AvgIpc) is 2.56. The molecule has 0 aromatic heterocycles. The molecular weight excluding hydrogens is 328 g/mol. The highest BCUT2D eigenvalue weighted by Gasteiger charge is 2.46. The molecule has 0 radical (unpaired) electrons. The van der Waals surface area contributed by atoms with Crippen LogP contribution < -0.4 is 0 Å². The van der Waals surface area contributed by atoms with E-state index >= 15 is 0 Å². The summed E-state index contributed by atoms with van der Waals surface area (Å²) in [6, 6.07) is 0. The van der Waals surface area contributed by atoms with Crippen LogP contribution in [-0.4, -0.2) is 105 Å². The summed E-state index contributed by atoms with van der Waals surface area (Å²) in [5, 5.41) is 58.8. The molecule has 0 aromatic carbocycles. The first-order valence-corrected chi connectivity index (χ1v) is 7.90. The quantitative estimate of drug-likeness (QED) is 0.295. The molecule has 0 aliphatic carbocycles. The molecule has 6 N–H and O–H groups in total. The zero-order valence-electron chi connectivity index (χ0n) is 13.5. The Labute approximate surface area is 139 Å². The van der Waals surface area contributed by atoms with Crippen LogP contribution in [0.2, 0.25) is 0 Å². The first-order valence-electron chi connectivity index (χ1n) is 7.90. The van der Waals surface area contributed by atoms with Crippen LogP contribution in [0.4, 0.5) is 0 Å². The molecular formula is C14H26O10. The van der Waals surface area contributed by atoms with Crippen molar-refractivity contribution in [2.24, 2.45) is 0 Å². The number of ether oxygens (including phenoxy) is 4. The molecule has 142 valence electrons. The molecule has 0 spiro atoms. The van der Waals surface area contributed by atoms with E-state index in [-0.39, 0.29) is 13.2 Å². The van der Waals surface area contributed by atoms with Gasteiger partial charge in [-0.25, -0.2) is 0 Å². The van der Waals surface area contributed by atoms with Gasteiger partial charge in [0.1, 0.15) is 42.7 Å². The van der Waals surface area contributed by atoms with Gasteiger partial charge in [0, 0.05) is 6.61 Å². The molecule has 2 heterocycles. The fourth-order valence-corrected chi connectivity index (χ4v) is 2.70. The Kier molecular flexibility index (Phi) is 6.90. The maximum Gasteiger partial charge on any atom is 0.186 e. The van der Waals surface area contributed by atoms with Crippen molar-refractivity contribution >= 4 is 0 Å². The van der Waals surface area contributed by atoms with E-state index in [9.17, 15) is 30.6 Å². The average molecular weight is 354 g/mol. The highest BCUT2D eigenvalue weighted by atomic mass is 16.7. The summed E-state index contributed by atoms with van der Waals surface area (Å²) in [6.45, 7) is 3.11. The van der Waals surface area contributed by atoms with Crippen LogP contribution in [0, 0.1) is 0 Å². The number of hydrogen-bond acceptors (Lipinski definition) is 10. The second kappa shape index (κ2) is 8.32. The van der Waals surface area contributed by atoms with Crippen LogP contribution in [0.15, 0.2) is 0 Å². The third-order valence-electron chi connectivity index (χ3n) is 4.23. The van der Waals surface area contributed by atoms with Crippen molar-refractivity contribution in [1.82, 2.24) is 0 Å². The summed E-state index contributed by atoms with van der Waals surface area (Å²) < 4.78 is 21.1. The molecule has 24 heavy (non-hydrogen) atoms. The van der Waals surface area contributed by atoms with Crippen molar-refractivity contribution in [2.45, 2.75) is 75.3 Å². The summed E-state index contributed by atoms with van der Waals surface area (Å²) in [4.78, 5) is 0. The van der Waals surface area contributed by atoms with E-state index in [0.29, 0.717) is 0 Å². The molecule has 0 saturated carbocycles. The second-order valence-corrected chi connectivity index (χ2v) is 5.98. The van der Waals surface area contributed by atoms with Crippen molar-refractivity contribution in [3.8, 4) is 0 Å². The van der Waals surface area contributed by atoms with Gasteiger partial charge in [0.2, 0.25) is 0 Å². The summed E-state index contributed by atoms with van der Waals surface area (Å²) in [5.41, 5.74) is 0. The van der Waals surface area contributed by atoms with Gasteiger partial charge < -0.3 is 49.6 Å². The Hall–Kier alpha value is -0.400. The fraction of sp³-hybridized carbons (Fsp3) is 1.00. The molecule has 2 aliphatic heterocycles. The van der Waals surface area contributed by atoms with Crippen LogP contribution in [0.25, 0.3) is 0 Å². The zero-order chi connectivity index (χ0) is 18.0. The Morgan fingerprint density at radius 2 is 1.25 bits per heavy atom. The summed E-state index contributed by atoms with van der Waals surface area (Å²) >= 11 is 0. The van der Waals surface area contributed by atoms with Crippen molar-refractivity contribution < 1.29 is 49.6 Å². The monoisotopic (exact) mass is 354 g/mol. The van der Waals surface area contributed by atoms with Crippen LogP contribution in [-0.2, 0) is 18.9 Å². The van der Waals surface area contributed by atoms with Gasteiger partial charge in [-0.2, -0.15) is 0 Å². The van der Waals surface area contributed by atoms with Crippen LogP contribution >= 0.6 is 0 Å². The van der Waals surface area contributed by atoms with Crippen molar-refractivity contribution in [3.05, 3.63) is 0 Å². The Morgan fingerprint density at radius 3 is 1.83 bits per heavy atom. The first kappa shape index (κ1) is 19.9. The predicted octanol–water partition coefficient (Wildman–Crippen LogP) is -3.33. The molecule has 2 rings (SSSR count). The minimum atomic E-state index is -1.49. The van der Waals surface area contributed by atoms with E-state index in [4.69, 9.17) is 18.9 Å². The number of aliphatic hydroxyl groups is 6. The van der Waals surface area contributed by atoms with Gasteiger partial charge in [-0.05, 0) is 13.8 Å². The molecule has 10 atom stereocenters. The minimum Gasteiger partial charge on any atom is -0.388 e. The third-order valence-corrected chi connectivity index (χ3v) is 4.23. The topological polar surface area (TPSA) is 158 Å². The van der Waals surface area contributed by atoms with Crippen LogP contribution in [0.3, 0.4) is 0 Å². The van der Waals surface area contributed by atoms with E-state index in [2.05, 4.69) is 0 Å².